The molecule has 0 fully saturated rings. The number of hydrogen-bond acceptors (Lipinski definition) is 4. The largest absolute Gasteiger partial charge is 0.482 e. The smallest absolute Gasteiger partial charge is 0.363 e. The molecule has 1 aliphatic heterocycles. The molecule has 4 nitrogen and oxygen atoms in total. The van der Waals surface area contributed by atoms with Crippen LogP contribution in [0.2, 0.25) is 0 Å². The number of aryl methyl sites for hydroxylation is 1. The first-order chi connectivity index (χ1) is 7.74. The number of allylic oxidation sites excluding steroid dienone is 1. The van der Waals surface area contributed by atoms with Gasteiger partial charge in [-0.1, -0.05) is 6.08 Å². The van der Waals surface area contributed by atoms with E-state index in [4.69, 9.17) is 9.15 Å². The molecule has 0 amide bonds. The Morgan fingerprint density at radius 1 is 1.50 bits per heavy atom. The number of fused-ring (bicyclic) bond motifs is 2. The van der Waals surface area contributed by atoms with Crippen molar-refractivity contribution in [2.75, 3.05) is 5.32 Å². The number of ether oxygens (including phenoxy) is 1. The van der Waals surface area contributed by atoms with Crippen molar-refractivity contribution in [3.05, 3.63) is 34.4 Å². The van der Waals surface area contributed by atoms with Crippen molar-refractivity contribution in [1.29, 1.82) is 0 Å². The van der Waals surface area contributed by atoms with Crippen molar-refractivity contribution in [2.24, 2.45) is 0 Å². The summed E-state index contributed by atoms with van der Waals surface area (Å²) < 4.78 is 10.8. The standard InChI is InChI=1S/C12H13NO3/c1-7-6-10-11(12(14)15-7)13-8-4-2-3-5-9(8)16-10/h3,5-6,8-9,13H,2,4H2,1H3/t8-,9+/m1/s1. The topological polar surface area (TPSA) is 51.5 Å². The van der Waals surface area contributed by atoms with Crippen LogP contribution in [0.5, 0.6) is 5.75 Å². The van der Waals surface area contributed by atoms with E-state index in [1.54, 1.807) is 13.0 Å². The van der Waals surface area contributed by atoms with Crippen molar-refractivity contribution in [2.45, 2.75) is 31.9 Å². The Morgan fingerprint density at radius 3 is 3.25 bits per heavy atom. The van der Waals surface area contributed by atoms with Crippen molar-refractivity contribution in [1.82, 2.24) is 0 Å². The van der Waals surface area contributed by atoms with Crippen LogP contribution in [0.3, 0.4) is 0 Å². The molecule has 0 radical (unpaired) electrons. The number of anilines is 1. The van der Waals surface area contributed by atoms with Gasteiger partial charge in [0.1, 0.15) is 11.9 Å². The maximum absolute atomic E-state index is 11.6. The van der Waals surface area contributed by atoms with Gasteiger partial charge in [0.15, 0.2) is 11.4 Å². The molecule has 0 unspecified atom stereocenters. The number of rotatable bonds is 0. The van der Waals surface area contributed by atoms with Crippen LogP contribution in [0.15, 0.2) is 27.4 Å². The summed E-state index contributed by atoms with van der Waals surface area (Å²) in [5, 5.41) is 3.21. The summed E-state index contributed by atoms with van der Waals surface area (Å²) in [5.41, 5.74) is 0.116. The van der Waals surface area contributed by atoms with E-state index in [2.05, 4.69) is 11.4 Å². The van der Waals surface area contributed by atoms with Gasteiger partial charge in [-0.05, 0) is 25.8 Å². The fourth-order valence-corrected chi connectivity index (χ4v) is 2.22. The molecule has 16 heavy (non-hydrogen) atoms. The summed E-state index contributed by atoms with van der Waals surface area (Å²) in [4.78, 5) is 11.6. The summed E-state index contributed by atoms with van der Waals surface area (Å²) in [6, 6.07) is 1.94. The van der Waals surface area contributed by atoms with Crippen LogP contribution in [0.4, 0.5) is 5.69 Å². The second-order valence-corrected chi connectivity index (χ2v) is 4.22. The highest BCUT2D eigenvalue weighted by Gasteiger charge is 2.31. The molecule has 84 valence electrons. The lowest BCUT2D eigenvalue weighted by atomic mass is 9.97. The van der Waals surface area contributed by atoms with E-state index >= 15 is 0 Å². The van der Waals surface area contributed by atoms with Crippen molar-refractivity contribution in [3.8, 4) is 5.75 Å². The second kappa shape index (κ2) is 3.40. The van der Waals surface area contributed by atoms with Gasteiger partial charge < -0.3 is 14.5 Å². The van der Waals surface area contributed by atoms with Crippen LogP contribution < -0.4 is 15.7 Å². The summed E-state index contributed by atoms with van der Waals surface area (Å²) >= 11 is 0. The Morgan fingerprint density at radius 2 is 2.38 bits per heavy atom. The average Bonchev–Trinajstić information content (AvgIpc) is 2.27. The molecule has 1 aliphatic carbocycles. The van der Waals surface area contributed by atoms with Crippen LogP contribution in [0.1, 0.15) is 18.6 Å². The zero-order valence-electron chi connectivity index (χ0n) is 9.03. The highest BCUT2D eigenvalue weighted by Crippen LogP contribution is 2.32. The minimum atomic E-state index is -0.344. The van der Waals surface area contributed by atoms with Crippen molar-refractivity contribution >= 4 is 5.69 Å². The second-order valence-electron chi connectivity index (χ2n) is 4.22. The molecule has 0 saturated heterocycles. The third-order valence-electron chi connectivity index (χ3n) is 3.00. The van der Waals surface area contributed by atoms with Gasteiger partial charge in [0.25, 0.3) is 0 Å². The van der Waals surface area contributed by atoms with Gasteiger partial charge in [-0.3, -0.25) is 0 Å². The lowest BCUT2D eigenvalue weighted by Crippen LogP contribution is -2.43. The lowest BCUT2D eigenvalue weighted by molar-refractivity contribution is 0.199. The molecule has 3 rings (SSSR count). The van der Waals surface area contributed by atoms with Crippen molar-refractivity contribution in [3.63, 3.8) is 0 Å². The molecule has 4 heteroatoms. The van der Waals surface area contributed by atoms with E-state index < -0.39 is 0 Å². The molecule has 0 aromatic carbocycles. The Bertz CT molecular complexity index is 503. The molecular weight excluding hydrogens is 206 g/mol. The monoisotopic (exact) mass is 219 g/mol. The number of hydrogen-bond donors (Lipinski definition) is 1. The van der Waals surface area contributed by atoms with Gasteiger partial charge in [-0.25, -0.2) is 4.79 Å². The van der Waals surface area contributed by atoms with Gasteiger partial charge >= 0.3 is 5.63 Å². The predicted octanol–water partition coefficient (Wildman–Crippen LogP) is 1.84. The minimum Gasteiger partial charge on any atom is -0.482 e. The quantitative estimate of drug-likeness (QED) is 0.676. The van der Waals surface area contributed by atoms with Crippen LogP contribution in [0.25, 0.3) is 0 Å². The molecular formula is C12H13NO3. The molecule has 1 aromatic rings. The Balaban J connectivity index is 2.06. The van der Waals surface area contributed by atoms with E-state index in [0.29, 0.717) is 17.2 Å². The Labute approximate surface area is 92.9 Å². The van der Waals surface area contributed by atoms with Gasteiger partial charge in [-0.15, -0.1) is 0 Å². The summed E-state index contributed by atoms with van der Waals surface area (Å²) in [7, 11) is 0. The fourth-order valence-electron chi connectivity index (χ4n) is 2.22. The summed E-state index contributed by atoms with van der Waals surface area (Å²) in [6.07, 6.45) is 6.19. The van der Waals surface area contributed by atoms with Crippen LogP contribution in [0, 0.1) is 6.92 Å². The van der Waals surface area contributed by atoms with Gasteiger partial charge in [0, 0.05) is 6.07 Å². The van der Waals surface area contributed by atoms with E-state index in [-0.39, 0.29) is 17.8 Å². The van der Waals surface area contributed by atoms with Crippen LogP contribution in [-0.2, 0) is 0 Å². The van der Waals surface area contributed by atoms with Gasteiger partial charge in [0.05, 0.1) is 6.04 Å². The normalized spacial score (nSPS) is 26.3. The highest BCUT2D eigenvalue weighted by molar-refractivity contribution is 5.57. The molecule has 2 atom stereocenters. The summed E-state index contributed by atoms with van der Waals surface area (Å²) in [5.74, 6) is 1.17. The molecule has 2 heterocycles. The van der Waals surface area contributed by atoms with Crippen molar-refractivity contribution < 1.29 is 9.15 Å². The van der Waals surface area contributed by atoms with E-state index in [0.717, 1.165) is 12.8 Å². The SMILES string of the molecule is Cc1cc2c(c(=O)o1)N[C@@H]1CCC=C[C@@H]1O2. The molecule has 0 spiro atoms. The highest BCUT2D eigenvalue weighted by atomic mass is 16.5. The zero-order valence-corrected chi connectivity index (χ0v) is 9.03. The molecule has 1 aromatic heterocycles. The Kier molecular flexibility index (Phi) is 2.02. The van der Waals surface area contributed by atoms with Crippen LogP contribution in [-0.4, -0.2) is 12.1 Å². The van der Waals surface area contributed by atoms with E-state index in [1.165, 1.54) is 0 Å². The first-order valence-electron chi connectivity index (χ1n) is 5.48. The lowest BCUT2D eigenvalue weighted by Gasteiger charge is -2.34. The average molecular weight is 219 g/mol. The van der Waals surface area contributed by atoms with Gasteiger partial charge in [-0.2, -0.15) is 0 Å². The number of nitrogens with one attached hydrogen (secondary N) is 1. The molecule has 0 bridgehead atoms. The third-order valence-corrected chi connectivity index (χ3v) is 3.00. The first kappa shape index (κ1) is 9.51. The van der Waals surface area contributed by atoms with E-state index in [9.17, 15) is 4.79 Å². The Hall–Kier alpha value is -1.71. The van der Waals surface area contributed by atoms with E-state index in [1.807, 2.05) is 6.08 Å². The maximum atomic E-state index is 11.6. The molecule has 2 aliphatic rings. The summed E-state index contributed by atoms with van der Waals surface area (Å²) in [6.45, 7) is 1.74. The fraction of sp³-hybridized carbons (Fsp3) is 0.417. The van der Waals surface area contributed by atoms with Gasteiger partial charge in [0.2, 0.25) is 0 Å². The molecule has 0 saturated carbocycles. The minimum absolute atomic E-state index is 0.0300. The zero-order chi connectivity index (χ0) is 11.1. The third kappa shape index (κ3) is 1.41. The molecule has 1 N–H and O–H groups in total. The predicted molar refractivity (Wildman–Crippen MR) is 59.9 cm³/mol. The first-order valence-corrected chi connectivity index (χ1v) is 5.48. The van der Waals surface area contributed by atoms with Crippen LogP contribution >= 0.6 is 0 Å². The maximum Gasteiger partial charge on any atom is 0.363 e.